The van der Waals surface area contributed by atoms with Crippen LogP contribution in [-0.2, 0) is 5.54 Å². The second kappa shape index (κ2) is 7.28. The fourth-order valence-corrected chi connectivity index (χ4v) is 6.71. The van der Waals surface area contributed by atoms with E-state index in [1.807, 2.05) is 24.4 Å². The molecule has 4 atom stereocenters. The third kappa shape index (κ3) is 3.37. The maximum absolute atomic E-state index is 12.6. The monoisotopic (exact) mass is 492 g/mol. The number of ether oxygens (including phenoxy) is 1. The molecule has 1 spiro atoms. The van der Waals surface area contributed by atoms with Crippen molar-refractivity contribution in [2.75, 3.05) is 5.75 Å². The first-order chi connectivity index (χ1) is 13.9. The quantitative estimate of drug-likeness (QED) is 0.664. The lowest BCUT2D eigenvalue weighted by Crippen LogP contribution is -2.54. The molecule has 3 N–H and O–H groups in total. The molecule has 29 heavy (non-hydrogen) atoms. The summed E-state index contributed by atoms with van der Waals surface area (Å²) in [6, 6.07) is 6.20. The number of carbonyl (C=O) groups excluding carboxylic acids is 1. The van der Waals surface area contributed by atoms with E-state index in [-0.39, 0.29) is 24.0 Å². The van der Waals surface area contributed by atoms with Gasteiger partial charge in [0.15, 0.2) is 5.17 Å². The molecule has 2 aliphatic heterocycles. The predicted octanol–water partition coefficient (Wildman–Crippen LogP) is 3.83. The Bertz CT molecular complexity index is 1010. The zero-order valence-electron chi connectivity index (χ0n) is 15.9. The molecule has 3 heterocycles. The minimum Gasteiger partial charge on any atom is -0.490 e. The molecule has 0 saturated heterocycles. The van der Waals surface area contributed by atoms with Gasteiger partial charge in [-0.3, -0.25) is 4.79 Å². The van der Waals surface area contributed by atoms with Gasteiger partial charge in [-0.25, -0.2) is 9.98 Å². The first kappa shape index (κ1) is 19.4. The van der Waals surface area contributed by atoms with E-state index in [9.17, 15) is 4.79 Å². The number of nitrogens with one attached hydrogen (secondary N) is 1. The van der Waals surface area contributed by atoms with Gasteiger partial charge in [0, 0.05) is 33.1 Å². The highest BCUT2D eigenvalue weighted by Gasteiger charge is 2.54. The lowest BCUT2D eigenvalue weighted by Gasteiger charge is -2.48. The maximum Gasteiger partial charge on any atom is 0.270 e. The lowest BCUT2D eigenvalue weighted by molar-refractivity contribution is 0.0155. The molecular formula is C20H21BrN4O2S2. The summed E-state index contributed by atoms with van der Waals surface area (Å²) in [7, 11) is 0. The molecule has 0 radical (unpaired) electrons. The molecule has 1 aromatic heterocycles. The number of rotatable bonds is 2. The van der Waals surface area contributed by atoms with Crippen molar-refractivity contribution in [1.82, 2.24) is 10.3 Å². The van der Waals surface area contributed by atoms with E-state index >= 15 is 0 Å². The van der Waals surface area contributed by atoms with E-state index in [0.29, 0.717) is 10.9 Å². The largest absolute Gasteiger partial charge is 0.490 e. The predicted molar refractivity (Wildman–Crippen MR) is 120 cm³/mol. The van der Waals surface area contributed by atoms with Crippen LogP contribution in [0.3, 0.4) is 0 Å². The zero-order chi connectivity index (χ0) is 20.2. The molecule has 0 bridgehead atoms. The number of nitrogens with zero attached hydrogens (tertiary/aromatic N) is 2. The van der Waals surface area contributed by atoms with E-state index in [0.717, 1.165) is 45.8 Å². The number of benzene rings is 1. The normalized spacial score (nSPS) is 30.3. The lowest BCUT2D eigenvalue weighted by atomic mass is 9.67. The van der Waals surface area contributed by atoms with Crippen LogP contribution in [0.25, 0.3) is 0 Å². The summed E-state index contributed by atoms with van der Waals surface area (Å²) in [5, 5.41) is 6.52. The number of carbonyl (C=O) groups is 1. The number of aliphatic imine (C=N–C) groups is 1. The number of hydrogen-bond acceptors (Lipinski definition) is 7. The topological polar surface area (TPSA) is 89.6 Å². The molecule has 5 rings (SSSR count). The molecule has 1 amide bonds. The van der Waals surface area contributed by atoms with Crippen molar-refractivity contribution in [3.63, 3.8) is 0 Å². The molecule has 3 aliphatic rings. The SMILES string of the molecule is Cc1nc(C(=O)NC2CC[C@@H]3Oc4ccc(Br)cc4C4(CSC(N)=N4)[C@H]3C2)cs1. The van der Waals surface area contributed by atoms with Gasteiger partial charge in [0.25, 0.3) is 5.91 Å². The van der Waals surface area contributed by atoms with E-state index in [1.165, 1.54) is 11.3 Å². The number of thioether (sulfide) groups is 1. The van der Waals surface area contributed by atoms with Gasteiger partial charge >= 0.3 is 0 Å². The van der Waals surface area contributed by atoms with Gasteiger partial charge in [-0.15, -0.1) is 11.3 Å². The smallest absolute Gasteiger partial charge is 0.270 e. The molecule has 9 heteroatoms. The average Bonchev–Trinajstić information content (AvgIpc) is 3.30. The molecule has 152 valence electrons. The van der Waals surface area contributed by atoms with Gasteiger partial charge < -0.3 is 15.8 Å². The number of amidine groups is 1. The van der Waals surface area contributed by atoms with Gasteiger partial charge in [-0.1, -0.05) is 27.7 Å². The van der Waals surface area contributed by atoms with Crippen molar-refractivity contribution >= 4 is 50.1 Å². The Balaban J connectivity index is 1.45. The summed E-state index contributed by atoms with van der Waals surface area (Å²) in [6.07, 6.45) is 2.64. The van der Waals surface area contributed by atoms with Crippen molar-refractivity contribution in [3.8, 4) is 5.75 Å². The highest BCUT2D eigenvalue weighted by atomic mass is 79.9. The second-order valence-corrected chi connectivity index (χ2v) is 10.8. The van der Waals surface area contributed by atoms with Crippen LogP contribution < -0.4 is 15.8 Å². The van der Waals surface area contributed by atoms with Crippen molar-refractivity contribution in [1.29, 1.82) is 0 Å². The number of halogens is 1. The Morgan fingerprint density at radius 1 is 1.41 bits per heavy atom. The van der Waals surface area contributed by atoms with Crippen molar-refractivity contribution in [3.05, 3.63) is 44.3 Å². The van der Waals surface area contributed by atoms with Gasteiger partial charge in [-0.2, -0.15) is 0 Å². The van der Waals surface area contributed by atoms with Gasteiger partial charge in [0.05, 0.1) is 5.01 Å². The molecule has 2 aromatic rings. The Labute approximate surface area is 185 Å². The van der Waals surface area contributed by atoms with Crippen LogP contribution in [0.1, 0.15) is 40.3 Å². The van der Waals surface area contributed by atoms with E-state index in [1.54, 1.807) is 11.8 Å². The number of aromatic nitrogens is 1. The molecule has 1 fully saturated rings. The van der Waals surface area contributed by atoms with Gasteiger partial charge in [-0.05, 0) is 44.4 Å². The van der Waals surface area contributed by atoms with Crippen LogP contribution in [0.15, 0.2) is 33.0 Å². The number of fused-ring (bicyclic) bond motifs is 4. The summed E-state index contributed by atoms with van der Waals surface area (Å²) >= 11 is 6.69. The number of thiazole rings is 1. The van der Waals surface area contributed by atoms with Crippen molar-refractivity contribution in [2.24, 2.45) is 16.6 Å². The van der Waals surface area contributed by atoms with E-state index in [2.05, 4.69) is 32.3 Å². The Hall–Kier alpha value is -1.58. The van der Waals surface area contributed by atoms with E-state index in [4.69, 9.17) is 15.5 Å². The Morgan fingerprint density at radius 3 is 3.00 bits per heavy atom. The first-order valence-corrected chi connectivity index (χ1v) is 12.3. The van der Waals surface area contributed by atoms with Crippen molar-refractivity contribution < 1.29 is 9.53 Å². The van der Waals surface area contributed by atoms with Gasteiger partial charge in [0.2, 0.25) is 0 Å². The van der Waals surface area contributed by atoms with E-state index < -0.39 is 5.54 Å². The Kier molecular flexibility index (Phi) is 4.87. The highest BCUT2D eigenvalue weighted by molar-refractivity contribution is 9.10. The minimum absolute atomic E-state index is 0.0713. The summed E-state index contributed by atoms with van der Waals surface area (Å²) in [6.45, 7) is 1.91. The highest BCUT2D eigenvalue weighted by Crippen LogP contribution is 2.54. The summed E-state index contributed by atoms with van der Waals surface area (Å²) < 4.78 is 7.39. The Morgan fingerprint density at radius 2 is 2.28 bits per heavy atom. The summed E-state index contributed by atoms with van der Waals surface area (Å²) in [5.41, 5.74) is 7.31. The van der Waals surface area contributed by atoms with Crippen LogP contribution >= 0.6 is 39.0 Å². The molecular weight excluding hydrogens is 472 g/mol. The number of amides is 1. The third-order valence-electron chi connectivity index (χ3n) is 6.02. The minimum atomic E-state index is -0.405. The molecule has 6 nitrogen and oxygen atoms in total. The fourth-order valence-electron chi connectivity index (χ4n) is 4.72. The molecule has 2 unspecified atom stereocenters. The molecule has 1 aliphatic carbocycles. The fraction of sp³-hybridized carbons (Fsp3) is 0.450. The van der Waals surface area contributed by atoms with Crippen LogP contribution in [0.4, 0.5) is 0 Å². The molecule has 1 aromatic carbocycles. The van der Waals surface area contributed by atoms with Crippen LogP contribution in [0.2, 0.25) is 0 Å². The van der Waals surface area contributed by atoms with Crippen LogP contribution in [0.5, 0.6) is 5.75 Å². The number of nitrogens with two attached hydrogens (primary N) is 1. The standard InChI is InChI=1S/C20H21BrN4O2S2/c1-10-23-15(8-28-10)18(26)24-12-3-5-17-14(7-12)20(9-29-19(22)25-20)13-6-11(21)2-4-16(13)27-17/h2,4,6,8,12,14,17H,3,5,7,9H2,1H3,(H2,22,25)(H,24,26)/t12?,14-,17-,20?/m0/s1. The second-order valence-electron chi connectivity index (χ2n) is 7.80. The first-order valence-electron chi connectivity index (χ1n) is 9.62. The zero-order valence-corrected chi connectivity index (χ0v) is 19.1. The van der Waals surface area contributed by atoms with Gasteiger partial charge in [0.1, 0.15) is 23.1 Å². The van der Waals surface area contributed by atoms with Crippen LogP contribution in [0, 0.1) is 12.8 Å². The summed E-state index contributed by atoms with van der Waals surface area (Å²) in [4.78, 5) is 21.9. The van der Waals surface area contributed by atoms with Crippen LogP contribution in [-0.4, -0.2) is 34.0 Å². The average molecular weight is 493 g/mol. The molecule has 1 saturated carbocycles. The maximum atomic E-state index is 12.6. The van der Waals surface area contributed by atoms with Crippen molar-refractivity contribution in [2.45, 2.75) is 43.9 Å². The number of hydrogen-bond donors (Lipinski definition) is 2. The summed E-state index contributed by atoms with van der Waals surface area (Å²) in [5.74, 6) is 1.76. The third-order valence-corrected chi connectivity index (χ3v) is 8.26. The number of aryl methyl sites for hydroxylation is 1.